The van der Waals surface area contributed by atoms with Gasteiger partial charge in [0.25, 0.3) is 5.69 Å². The van der Waals surface area contributed by atoms with Crippen molar-refractivity contribution in [3.63, 3.8) is 0 Å². The molecule has 0 amide bonds. The van der Waals surface area contributed by atoms with Gasteiger partial charge in [-0.15, -0.1) is 0 Å². The molecule has 0 aliphatic carbocycles. The number of pyridine rings is 1. The van der Waals surface area contributed by atoms with Crippen LogP contribution in [0.5, 0.6) is 11.5 Å². The number of benzene rings is 1. The van der Waals surface area contributed by atoms with Crippen LogP contribution in [0.25, 0.3) is 17.1 Å². The molecule has 0 bridgehead atoms. The van der Waals surface area contributed by atoms with E-state index in [-0.39, 0.29) is 5.69 Å². The van der Waals surface area contributed by atoms with E-state index >= 15 is 0 Å². The van der Waals surface area contributed by atoms with Crippen LogP contribution in [0.15, 0.2) is 49.3 Å². The largest absolute Gasteiger partial charge is 0.457 e. The average Bonchev–Trinajstić information content (AvgIpc) is 3.01. The second-order valence-electron chi connectivity index (χ2n) is 4.33. The van der Waals surface area contributed by atoms with Crippen LogP contribution in [-0.4, -0.2) is 14.9 Å². The van der Waals surface area contributed by atoms with Crippen LogP contribution in [0.3, 0.4) is 0 Å². The second-order valence-corrected chi connectivity index (χ2v) is 4.33. The highest BCUT2D eigenvalue weighted by Gasteiger charge is 2.10. The molecule has 0 saturated heterocycles. The Kier molecular flexibility index (Phi) is 5.09. The molecule has 0 aliphatic rings. The van der Waals surface area contributed by atoms with E-state index in [4.69, 9.17) is 4.74 Å². The third-order valence-corrected chi connectivity index (χ3v) is 3.06. The van der Waals surface area contributed by atoms with Crippen LogP contribution in [0.1, 0.15) is 19.4 Å². The molecule has 2 aromatic heterocycles. The Morgan fingerprint density at radius 1 is 1.26 bits per heavy atom. The van der Waals surface area contributed by atoms with E-state index in [2.05, 4.69) is 16.5 Å². The monoisotopic (exact) mass is 311 g/mol. The molecule has 0 spiro atoms. The number of rotatable bonds is 4. The maximum atomic E-state index is 10.6. The number of aromatic amines is 1. The molecule has 3 rings (SSSR count). The van der Waals surface area contributed by atoms with Gasteiger partial charge in [0.1, 0.15) is 17.1 Å². The Morgan fingerprint density at radius 3 is 2.57 bits per heavy atom. The van der Waals surface area contributed by atoms with Crippen molar-refractivity contribution < 1.29 is 9.66 Å². The maximum absolute atomic E-state index is 10.6. The zero-order chi connectivity index (χ0) is 16.8. The van der Waals surface area contributed by atoms with Crippen molar-refractivity contribution in [3.8, 4) is 11.5 Å². The molecule has 1 N–H and O–H groups in total. The van der Waals surface area contributed by atoms with E-state index in [9.17, 15) is 10.1 Å². The van der Waals surface area contributed by atoms with Gasteiger partial charge in [-0.2, -0.15) is 0 Å². The average molecular weight is 311 g/mol. The van der Waals surface area contributed by atoms with E-state index in [1.807, 2.05) is 13.8 Å². The molecule has 23 heavy (non-hydrogen) atoms. The van der Waals surface area contributed by atoms with Crippen LogP contribution in [0.4, 0.5) is 5.69 Å². The third-order valence-electron chi connectivity index (χ3n) is 3.06. The zero-order valence-corrected chi connectivity index (χ0v) is 12.9. The predicted octanol–water partition coefficient (Wildman–Crippen LogP) is 4.93. The van der Waals surface area contributed by atoms with Crippen LogP contribution in [-0.2, 0) is 0 Å². The molecule has 0 aliphatic heterocycles. The minimum atomic E-state index is -0.448. The lowest BCUT2D eigenvalue weighted by molar-refractivity contribution is -0.384. The standard InChI is InChI=1S/C15H11N3O3.C2H6/c1-2-10-9-17-15-14(10)13(7-8-16-15)21-12-5-3-11(4-6-12)18(19)20;1-2/h2-9H,1H2,(H,16,17);1-2H3. The summed E-state index contributed by atoms with van der Waals surface area (Å²) < 4.78 is 5.80. The van der Waals surface area contributed by atoms with Crippen molar-refractivity contribution in [1.29, 1.82) is 0 Å². The second kappa shape index (κ2) is 7.22. The molecular formula is C17H17N3O3. The summed E-state index contributed by atoms with van der Waals surface area (Å²) in [6.07, 6.45) is 5.14. The topological polar surface area (TPSA) is 81.0 Å². The molecule has 3 aromatic rings. The van der Waals surface area contributed by atoms with Crippen molar-refractivity contribution in [2.75, 3.05) is 0 Å². The Morgan fingerprint density at radius 2 is 1.96 bits per heavy atom. The lowest BCUT2D eigenvalue weighted by Gasteiger charge is -2.07. The van der Waals surface area contributed by atoms with E-state index in [0.717, 1.165) is 10.9 Å². The predicted molar refractivity (Wildman–Crippen MR) is 90.7 cm³/mol. The highest BCUT2D eigenvalue weighted by Crippen LogP contribution is 2.32. The first-order valence-corrected chi connectivity index (χ1v) is 7.20. The molecule has 0 saturated carbocycles. The number of aromatic nitrogens is 2. The van der Waals surface area contributed by atoms with Gasteiger partial charge >= 0.3 is 0 Å². The lowest BCUT2D eigenvalue weighted by Crippen LogP contribution is -1.89. The number of nitrogens with one attached hydrogen (secondary N) is 1. The van der Waals surface area contributed by atoms with Gasteiger partial charge in [-0.1, -0.05) is 26.5 Å². The van der Waals surface area contributed by atoms with Gasteiger partial charge < -0.3 is 9.72 Å². The Hall–Kier alpha value is -3.15. The van der Waals surface area contributed by atoms with Crippen LogP contribution >= 0.6 is 0 Å². The fourth-order valence-corrected chi connectivity index (χ4v) is 2.06. The minimum absolute atomic E-state index is 0.0238. The Balaban J connectivity index is 0.000000924. The number of fused-ring (bicyclic) bond motifs is 1. The van der Waals surface area contributed by atoms with Crippen molar-refractivity contribution in [2.45, 2.75) is 13.8 Å². The van der Waals surface area contributed by atoms with Gasteiger partial charge in [0.2, 0.25) is 0 Å². The highest BCUT2D eigenvalue weighted by atomic mass is 16.6. The Bertz CT molecular complexity index is 823. The molecular weight excluding hydrogens is 294 g/mol. The number of hydrogen-bond acceptors (Lipinski definition) is 4. The van der Waals surface area contributed by atoms with E-state index in [0.29, 0.717) is 17.1 Å². The van der Waals surface area contributed by atoms with Gasteiger partial charge in [0, 0.05) is 30.1 Å². The molecule has 118 valence electrons. The van der Waals surface area contributed by atoms with Crippen molar-refractivity contribution >= 4 is 22.8 Å². The summed E-state index contributed by atoms with van der Waals surface area (Å²) in [7, 11) is 0. The molecule has 6 nitrogen and oxygen atoms in total. The number of non-ortho nitro benzene ring substituents is 1. The van der Waals surface area contributed by atoms with E-state index in [1.54, 1.807) is 36.7 Å². The van der Waals surface area contributed by atoms with Crippen LogP contribution < -0.4 is 4.74 Å². The summed E-state index contributed by atoms with van der Waals surface area (Å²) >= 11 is 0. The van der Waals surface area contributed by atoms with Crippen molar-refractivity contribution in [1.82, 2.24) is 9.97 Å². The summed E-state index contributed by atoms with van der Waals surface area (Å²) in [5.41, 5.74) is 1.61. The summed E-state index contributed by atoms with van der Waals surface area (Å²) in [4.78, 5) is 17.4. The number of hydrogen-bond donors (Lipinski definition) is 1. The first kappa shape index (κ1) is 16.2. The van der Waals surface area contributed by atoms with Gasteiger partial charge in [-0.05, 0) is 18.2 Å². The fraction of sp³-hybridized carbons (Fsp3) is 0.118. The van der Waals surface area contributed by atoms with E-state index < -0.39 is 4.92 Å². The molecule has 0 fully saturated rings. The smallest absolute Gasteiger partial charge is 0.269 e. The molecule has 0 radical (unpaired) electrons. The minimum Gasteiger partial charge on any atom is -0.457 e. The number of ether oxygens (including phenoxy) is 1. The van der Waals surface area contributed by atoms with E-state index in [1.165, 1.54) is 12.1 Å². The Labute approximate surface area is 133 Å². The van der Waals surface area contributed by atoms with Crippen LogP contribution in [0, 0.1) is 10.1 Å². The first-order chi connectivity index (χ1) is 11.2. The number of nitro groups is 1. The lowest BCUT2D eigenvalue weighted by atomic mass is 10.2. The maximum Gasteiger partial charge on any atom is 0.269 e. The summed E-state index contributed by atoms with van der Waals surface area (Å²) in [5.74, 6) is 1.13. The normalized spacial score (nSPS) is 9.83. The zero-order valence-electron chi connectivity index (χ0n) is 12.9. The number of nitrogens with zero attached hydrogens (tertiary/aromatic N) is 2. The van der Waals surface area contributed by atoms with Gasteiger partial charge in [-0.3, -0.25) is 10.1 Å². The summed E-state index contributed by atoms with van der Waals surface area (Å²) in [6.45, 7) is 7.75. The number of H-pyrrole nitrogens is 1. The van der Waals surface area contributed by atoms with Crippen LogP contribution in [0.2, 0.25) is 0 Å². The highest BCUT2D eigenvalue weighted by molar-refractivity contribution is 5.91. The van der Waals surface area contributed by atoms with Crippen molar-refractivity contribution in [3.05, 3.63) is 65.0 Å². The molecule has 0 atom stereocenters. The summed E-state index contributed by atoms with van der Waals surface area (Å²) in [5, 5.41) is 11.5. The molecule has 2 heterocycles. The fourth-order valence-electron chi connectivity index (χ4n) is 2.06. The molecule has 0 unspecified atom stereocenters. The summed E-state index contributed by atoms with van der Waals surface area (Å²) in [6, 6.07) is 7.67. The quantitative estimate of drug-likeness (QED) is 0.547. The number of nitro benzene ring substituents is 1. The third kappa shape index (κ3) is 3.37. The molecule has 6 heteroatoms. The van der Waals surface area contributed by atoms with Gasteiger partial charge in [0.15, 0.2) is 0 Å². The van der Waals surface area contributed by atoms with Crippen molar-refractivity contribution in [2.24, 2.45) is 0 Å². The SMILES string of the molecule is C=Cc1c[nH]c2nccc(Oc3ccc([N+](=O)[O-])cc3)c12.CC. The van der Waals surface area contributed by atoms with Gasteiger partial charge in [0.05, 0.1) is 10.3 Å². The first-order valence-electron chi connectivity index (χ1n) is 7.20. The van der Waals surface area contributed by atoms with Gasteiger partial charge in [-0.25, -0.2) is 4.98 Å². The molecule has 1 aromatic carbocycles.